The number of aliphatic imine (C=N–C) groups is 1. The summed E-state index contributed by atoms with van der Waals surface area (Å²) in [4.78, 5) is 23.1. The highest BCUT2D eigenvalue weighted by molar-refractivity contribution is 5.35. The molecule has 0 aliphatic rings. The molecule has 0 amide bonds. The Morgan fingerprint density at radius 1 is 1.79 bits per heavy atom. The molecule has 0 saturated carbocycles. The standard InChI is InChI=1S/C7H8N4O3/c1-10-6(2-3-8-5-12)7(4-9-10)11(13)14/h4H,2-3H2,1H3. The summed E-state index contributed by atoms with van der Waals surface area (Å²) in [5.74, 6) is 0. The van der Waals surface area contributed by atoms with Gasteiger partial charge in [-0.25, -0.2) is 9.79 Å². The predicted octanol–water partition coefficient (Wildman–Crippen LogP) is 0.207. The molecule has 0 aliphatic heterocycles. The third-order valence-corrected chi connectivity index (χ3v) is 1.76. The van der Waals surface area contributed by atoms with E-state index in [0.717, 1.165) is 0 Å². The molecule has 1 heterocycles. The van der Waals surface area contributed by atoms with Crippen molar-refractivity contribution < 1.29 is 9.72 Å². The Bertz CT molecular complexity index is 392. The molecule has 0 unspecified atom stereocenters. The Kier molecular flexibility index (Phi) is 3.09. The van der Waals surface area contributed by atoms with E-state index in [-0.39, 0.29) is 12.2 Å². The van der Waals surface area contributed by atoms with Gasteiger partial charge in [-0.15, -0.1) is 0 Å². The van der Waals surface area contributed by atoms with Crippen LogP contribution in [0.4, 0.5) is 5.69 Å². The molecule has 1 aromatic rings. The Balaban J connectivity index is 2.87. The summed E-state index contributed by atoms with van der Waals surface area (Å²) in [7, 11) is 1.60. The molecule has 0 aromatic carbocycles. The fraction of sp³-hybridized carbons (Fsp3) is 0.429. The molecule has 0 aliphatic carbocycles. The average molecular weight is 196 g/mol. The van der Waals surface area contributed by atoms with Gasteiger partial charge >= 0.3 is 5.69 Å². The van der Waals surface area contributed by atoms with Crippen molar-refractivity contribution in [2.24, 2.45) is 12.0 Å². The van der Waals surface area contributed by atoms with E-state index < -0.39 is 4.92 Å². The van der Waals surface area contributed by atoms with Gasteiger partial charge in [-0.1, -0.05) is 0 Å². The number of aromatic nitrogens is 2. The summed E-state index contributed by atoms with van der Waals surface area (Å²) in [5, 5.41) is 14.3. The molecule has 74 valence electrons. The maximum absolute atomic E-state index is 10.5. The largest absolute Gasteiger partial charge is 0.310 e. The van der Waals surface area contributed by atoms with Crippen molar-refractivity contribution in [3.63, 3.8) is 0 Å². The van der Waals surface area contributed by atoms with Crippen molar-refractivity contribution in [2.75, 3.05) is 6.54 Å². The van der Waals surface area contributed by atoms with Gasteiger partial charge in [0.25, 0.3) is 0 Å². The fourth-order valence-electron chi connectivity index (χ4n) is 1.10. The van der Waals surface area contributed by atoms with Gasteiger partial charge in [0.2, 0.25) is 6.08 Å². The van der Waals surface area contributed by atoms with E-state index in [1.807, 2.05) is 0 Å². The van der Waals surface area contributed by atoms with Crippen LogP contribution in [0.3, 0.4) is 0 Å². The van der Waals surface area contributed by atoms with Gasteiger partial charge in [0, 0.05) is 13.5 Å². The zero-order chi connectivity index (χ0) is 10.6. The predicted molar refractivity (Wildman–Crippen MR) is 46.6 cm³/mol. The maximum Gasteiger partial charge on any atom is 0.310 e. The SMILES string of the molecule is Cn1ncc([N+](=O)[O-])c1CCN=C=O. The second-order valence-corrected chi connectivity index (χ2v) is 2.58. The molecule has 0 radical (unpaired) electrons. The minimum absolute atomic E-state index is 0.0476. The third-order valence-electron chi connectivity index (χ3n) is 1.76. The van der Waals surface area contributed by atoms with Crippen LogP contribution in [-0.4, -0.2) is 27.3 Å². The molecule has 0 fully saturated rings. The van der Waals surface area contributed by atoms with Crippen molar-refractivity contribution in [1.82, 2.24) is 9.78 Å². The van der Waals surface area contributed by atoms with E-state index in [4.69, 9.17) is 0 Å². The van der Waals surface area contributed by atoms with Crippen molar-refractivity contribution >= 4 is 11.8 Å². The number of isocyanates is 1. The van der Waals surface area contributed by atoms with Gasteiger partial charge in [-0.3, -0.25) is 14.8 Å². The topological polar surface area (TPSA) is 90.4 Å². The van der Waals surface area contributed by atoms with E-state index in [9.17, 15) is 14.9 Å². The fourth-order valence-corrected chi connectivity index (χ4v) is 1.10. The maximum atomic E-state index is 10.5. The Morgan fingerprint density at radius 3 is 3.07 bits per heavy atom. The van der Waals surface area contributed by atoms with Crippen molar-refractivity contribution in [3.05, 3.63) is 22.0 Å². The number of nitrogens with zero attached hydrogens (tertiary/aromatic N) is 4. The van der Waals surface area contributed by atoms with Gasteiger partial charge in [0.1, 0.15) is 11.9 Å². The number of rotatable bonds is 4. The minimum Gasteiger partial charge on any atom is -0.265 e. The molecule has 0 bridgehead atoms. The van der Waals surface area contributed by atoms with E-state index in [1.165, 1.54) is 17.0 Å². The number of carbonyl (C=O) groups excluding carboxylic acids is 1. The van der Waals surface area contributed by atoms with Gasteiger partial charge in [-0.2, -0.15) is 5.10 Å². The third kappa shape index (κ3) is 2.02. The Labute approximate surface area is 79.2 Å². The average Bonchev–Trinajstić information content (AvgIpc) is 2.48. The van der Waals surface area contributed by atoms with E-state index in [2.05, 4.69) is 10.1 Å². The highest BCUT2D eigenvalue weighted by Gasteiger charge is 2.17. The lowest BCUT2D eigenvalue weighted by molar-refractivity contribution is -0.385. The number of hydrogen-bond acceptors (Lipinski definition) is 5. The lowest BCUT2D eigenvalue weighted by Crippen LogP contribution is -2.02. The highest BCUT2D eigenvalue weighted by Crippen LogP contribution is 2.16. The summed E-state index contributed by atoms with van der Waals surface area (Å²) in [5.41, 5.74) is 0.405. The summed E-state index contributed by atoms with van der Waals surface area (Å²) >= 11 is 0. The van der Waals surface area contributed by atoms with Crippen molar-refractivity contribution in [1.29, 1.82) is 0 Å². The molecular formula is C7H8N4O3. The minimum atomic E-state index is -0.507. The molecule has 14 heavy (non-hydrogen) atoms. The number of aryl methyl sites for hydroxylation is 1. The quantitative estimate of drug-likeness (QED) is 0.298. The summed E-state index contributed by atoms with van der Waals surface area (Å²) in [6.07, 6.45) is 2.86. The van der Waals surface area contributed by atoms with Crippen molar-refractivity contribution in [2.45, 2.75) is 6.42 Å². The number of hydrogen-bond donors (Lipinski definition) is 0. The van der Waals surface area contributed by atoms with Crippen LogP contribution in [0.2, 0.25) is 0 Å². The molecule has 0 N–H and O–H groups in total. The zero-order valence-corrected chi connectivity index (χ0v) is 7.51. The molecule has 0 atom stereocenters. The first kappa shape index (κ1) is 10.1. The second kappa shape index (κ2) is 4.29. The number of nitro groups is 1. The Morgan fingerprint density at radius 2 is 2.50 bits per heavy atom. The van der Waals surface area contributed by atoms with Crippen LogP contribution in [0.15, 0.2) is 11.2 Å². The molecule has 7 heteroatoms. The van der Waals surface area contributed by atoms with Crippen LogP contribution in [0, 0.1) is 10.1 Å². The van der Waals surface area contributed by atoms with Gasteiger partial charge in [-0.05, 0) is 0 Å². The first-order valence-corrected chi connectivity index (χ1v) is 3.85. The van der Waals surface area contributed by atoms with Gasteiger partial charge in [0.15, 0.2) is 0 Å². The molecule has 1 rings (SSSR count). The van der Waals surface area contributed by atoms with Crippen LogP contribution in [0.25, 0.3) is 0 Å². The van der Waals surface area contributed by atoms with Crippen LogP contribution in [-0.2, 0) is 18.3 Å². The van der Waals surface area contributed by atoms with Gasteiger partial charge in [0.05, 0.1) is 11.5 Å². The van der Waals surface area contributed by atoms with Gasteiger partial charge < -0.3 is 0 Å². The summed E-state index contributed by atoms with van der Waals surface area (Å²) in [6.45, 7) is 0.184. The lowest BCUT2D eigenvalue weighted by Gasteiger charge is -1.97. The molecule has 1 aromatic heterocycles. The second-order valence-electron chi connectivity index (χ2n) is 2.58. The van der Waals surface area contributed by atoms with Crippen LogP contribution < -0.4 is 0 Å². The van der Waals surface area contributed by atoms with E-state index in [1.54, 1.807) is 7.05 Å². The molecule has 7 nitrogen and oxygen atoms in total. The first-order chi connectivity index (χ1) is 6.66. The lowest BCUT2D eigenvalue weighted by atomic mass is 10.3. The zero-order valence-electron chi connectivity index (χ0n) is 7.51. The monoisotopic (exact) mass is 196 g/mol. The van der Waals surface area contributed by atoms with E-state index in [0.29, 0.717) is 12.1 Å². The molecule has 0 saturated heterocycles. The van der Waals surface area contributed by atoms with Crippen LogP contribution >= 0.6 is 0 Å². The normalized spacial score (nSPS) is 9.50. The highest BCUT2D eigenvalue weighted by atomic mass is 16.6. The first-order valence-electron chi connectivity index (χ1n) is 3.85. The van der Waals surface area contributed by atoms with Crippen LogP contribution in [0.1, 0.15) is 5.69 Å². The summed E-state index contributed by atoms with van der Waals surface area (Å²) < 4.78 is 1.40. The van der Waals surface area contributed by atoms with Crippen molar-refractivity contribution in [3.8, 4) is 0 Å². The Hall–Kier alpha value is -2.01. The molecule has 0 spiro atoms. The van der Waals surface area contributed by atoms with Crippen LogP contribution in [0.5, 0.6) is 0 Å². The smallest absolute Gasteiger partial charge is 0.265 e. The summed E-state index contributed by atoms with van der Waals surface area (Å²) in [6, 6.07) is 0. The van der Waals surface area contributed by atoms with E-state index >= 15 is 0 Å². The molecular weight excluding hydrogens is 188 g/mol.